The average molecular weight is 129 g/mol. The predicted molar refractivity (Wildman–Crippen MR) is 34.8 cm³/mol. The van der Waals surface area contributed by atoms with Crippen molar-refractivity contribution in [3.8, 4) is 0 Å². The molecule has 9 heavy (non-hydrogen) atoms. The molecule has 0 unspecified atom stereocenters. The molecule has 0 aliphatic rings. The Morgan fingerprint density at radius 3 is 2.22 bits per heavy atom. The monoisotopic (exact) mass is 129 g/mol. The normalized spacial score (nSPS) is 12.7. The van der Waals surface area contributed by atoms with Crippen LogP contribution in [0.25, 0.3) is 0 Å². The summed E-state index contributed by atoms with van der Waals surface area (Å²) in [6, 6.07) is 0. The number of carboxylic acid groups (broad SMARTS) is 1. The van der Waals surface area contributed by atoms with Crippen LogP contribution < -0.4 is 0 Å². The van der Waals surface area contributed by atoms with Gasteiger partial charge < -0.3 is 10.5 Å². The molecule has 2 N–H and O–H groups in total. The van der Waals surface area contributed by atoms with E-state index < -0.39 is 11.9 Å². The molecule has 0 rings (SSSR count). The van der Waals surface area contributed by atoms with Crippen LogP contribution in [0.2, 0.25) is 0 Å². The van der Waals surface area contributed by atoms with Crippen molar-refractivity contribution in [3.05, 3.63) is 0 Å². The molecule has 0 spiro atoms. The minimum Gasteiger partial charge on any atom is -0.481 e. The van der Waals surface area contributed by atoms with Crippen LogP contribution in [0, 0.1) is 11.3 Å². The van der Waals surface area contributed by atoms with E-state index in [9.17, 15) is 4.79 Å². The second-order valence-corrected chi connectivity index (χ2v) is 1.98. The molecule has 0 fully saturated rings. The van der Waals surface area contributed by atoms with Crippen LogP contribution in [-0.2, 0) is 4.79 Å². The Labute approximate surface area is 54.2 Å². The Morgan fingerprint density at radius 1 is 1.78 bits per heavy atom. The summed E-state index contributed by atoms with van der Waals surface area (Å²) >= 11 is 0. The third-order valence-electron chi connectivity index (χ3n) is 1.23. The fourth-order valence-electron chi connectivity index (χ4n) is 0.666. The smallest absolute Gasteiger partial charge is 0.312 e. The zero-order valence-electron chi connectivity index (χ0n) is 5.64. The fraction of sp³-hybridized carbons (Fsp3) is 0.667. The van der Waals surface area contributed by atoms with Crippen LogP contribution in [0.3, 0.4) is 0 Å². The van der Waals surface area contributed by atoms with Gasteiger partial charge in [-0.1, -0.05) is 6.92 Å². The second-order valence-electron chi connectivity index (χ2n) is 1.98. The number of hydrogen-bond donors (Lipinski definition) is 2. The fourth-order valence-corrected chi connectivity index (χ4v) is 0.666. The van der Waals surface area contributed by atoms with Crippen molar-refractivity contribution in [2.75, 3.05) is 0 Å². The molecule has 0 bridgehead atoms. The first kappa shape index (κ1) is 8.14. The Bertz CT molecular complexity index is 117. The van der Waals surface area contributed by atoms with Gasteiger partial charge >= 0.3 is 5.97 Å². The van der Waals surface area contributed by atoms with Crippen LogP contribution in [0.5, 0.6) is 0 Å². The highest BCUT2D eigenvalue weighted by Gasteiger charge is 2.15. The maximum Gasteiger partial charge on any atom is 0.312 e. The van der Waals surface area contributed by atoms with Crippen molar-refractivity contribution in [2.45, 2.75) is 20.3 Å². The van der Waals surface area contributed by atoms with E-state index in [0.717, 1.165) is 0 Å². The number of hydrogen-bond acceptors (Lipinski definition) is 2. The highest BCUT2D eigenvalue weighted by Crippen LogP contribution is 2.02. The van der Waals surface area contributed by atoms with Crippen molar-refractivity contribution in [2.24, 2.45) is 5.92 Å². The second kappa shape index (κ2) is 3.22. The molecule has 0 saturated heterocycles. The predicted octanol–water partition coefficient (Wildman–Crippen LogP) is 1.14. The Hall–Kier alpha value is -0.860. The molecule has 1 atom stereocenters. The lowest BCUT2D eigenvalue weighted by atomic mass is 10.0. The van der Waals surface area contributed by atoms with Gasteiger partial charge in [0.05, 0.1) is 5.92 Å². The first-order valence-corrected chi connectivity index (χ1v) is 2.87. The van der Waals surface area contributed by atoms with E-state index >= 15 is 0 Å². The van der Waals surface area contributed by atoms with Crippen molar-refractivity contribution in [1.82, 2.24) is 0 Å². The average Bonchev–Trinajstić information content (AvgIpc) is 1.64. The summed E-state index contributed by atoms with van der Waals surface area (Å²) in [5, 5.41) is 15.4. The number of nitrogens with one attached hydrogen (secondary N) is 1. The lowest BCUT2D eigenvalue weighted by molar-refractivity contribution is -0.139. The molecule has 0 amide bonds. The topological polar surface area (TPSA) is 61.2 Å². The summed E-state index contributed by atoms with van der Waals surface area (Å²) in [6.45, 7) is 3.28. The summed E-state index contributed by atoms with van der Waals surface area (Å²) in [5.41, 5.74) is 0.227. The van der Waals surface area contributed by atoms with Crippen molar-refractivity contribution in [3.63, 3.8) is 0 Å². The molecule has 0 aromatic carbocycles. The Morgan fingerprint density at radius 2 is 2.22 bits per heavy atom. The summed E-state index contributed by atoms with van der Waals surface area (Å²) in [4.78, 5) is 10.2. The van der Waals surface area contributed by atoms with E-state index in [1.54, 1.807) is 6.92 Å². The summed E-state index contributed by atoms with van der Waals surface area (Å²) in [6.07, 6.45) is 0.505. The van der Waals surface area contributed by atoms with Crippen LogP contribution >= 0.6 is 0 Å². The largest absolute Gasteiger partial charge is 0.481 e. The number of carbonyl (C=O) groups is 1. The van der Waals surface area contributed by atoms with E-state index in [0.29, 0.717) is 6.42 Å². The summed E-state index contributed by atoms with van der Waals surface area (Å²) in [7, 11) is 0. The van der Waals surface area contributed by atoms with Crippen LogP contribution in [0.15, 0.2) is 0 Å². The molecule has 0 heterocycles. The number of carboxylic acids is 1. The van der Waals surface area contributed by atoms with Gasteiger partial charge in [-0.05, 0) is 13.3 Å². The molecule has 0 aromatic rings. The van der Waals surface area contributed by atoms with Gasteiger partial charge in [-0.15, -0.1) is 0 Å². The van der Waals surface area contributed by atoms with Crippen molar-refractivity contribution < 1.29 is 9.90 Å². The van der Waals surface area contributed by atoms with E-state index in [1.807, 2.05) is 0 Å². The van der Waals surface area contributed by atoms with Gasteiger partial charge in [0.1, 0.15) is 0 Å². The van der Waals surface area contributed by atoms with E-state index in [1.165, 1.54) is 6.92 Å². The zero-order valence-corrected chi connectivity index (χ0v) is 5.64. The Balaban J connectivity index is 3.99. The first-order chi connectivity index (χ1) is 4.09. The maximum atomic E-state index is 10.2. The van der Waals surface area contributed by atoms with Crippen LogP contribution in [0.1, 0.15) is 20.3 Å². The van der Waals surface area contributed by atoms with Gasteiger partial charge in [-0.3, -0.25) is 4.79 Å². The van der Waals surface area contributed by atoms with Gasteiger partial charge in [-0.2, -0.15) is 0 Å². The molecule has 0 aliphatic carbocycles. The Kier molecular flexibility index (Phi) is 2.91. The van der Waals surface area contributed by atoms with Crippen molar-refractivity contribution in [1.29, 1.82) is 5.41 Å². The molecule has 52 valence electrons. The summed E-state index contributed by atoms with van der Waals surface area (Å²) < 4.78 is 0. The standard InChI is InChI=1S/C6H11NO2/c1-3-5(4(2)7)6(8)9/h5,7H,3H2,1-2H3,(H,8,9)/t5-/m1/s1. The molecule has 3 nitrogen and oxygen atoms in total. The third kappa shape index (κ3) is 2.26. The third-order valence-corrected chi connectivity index (χ3v) is 1.23. The van der Waals surface area contributed by atoms with Gasteiger partial charge in [0.2, 0.25) is 0 Å². The lowest BCUT2D eigenvalue weighted by Crippen LogP contribution is -2.19. The quantitative estimate of drug-likeness (QED) is 0.561. The zero-order chi connectivity index (χ0) is 7.44. The number of rotatable bonds is 3. The SMILES string of the molecule is CC[C@H](C(C)=N)C(=O)O. The lowest BCUT2D eigenvalue weighted by Gasteiger charge is -2.04. The van der Waals surface area contributed by atoms with Gasteiger partial charge in [0, 0.05) is 5.71 Å². The molecule has 3 heteroatoms. The van der Waals surface area contributed by atoms with Crippen LogP contribution in [-0.4, -0.2) is 16.8 Å². The maximum absolute atomic E-state index is 10.2. The van der Waals surface area contributed by atoms with Gasteiger partial charge in [0.15, 0.2) is 0 Å². The first-order valence-electron chi connectivity index (χ1n) is 2.87. The highest BCUT2D eigenvalue weighted by atomic mass is 16.4. The molecule has 0 aromatic heterocycles. The molecule has 0 saturated carbocycles. The number of aliphatic carboxylic acids is 1. The molecule has 0 aliphatic heterocycles. The van der Waals surface area contributed by atoms with Crippen LogP contribution in [0.4, 0.5) is 0 Å². The molecular weight excluding hydrogens is 118 g/mol. The van der Waals surface area contributed by atoms with Gasteiger partial charge in [-0.25, -0.2) is 0 Å². The molecule has 0 radical (unpaired) electrons. The highest BCUT2D eigenvalue weighted by molar-refractivity contribution is 5.98. The summed E-state index contributed by atoms with van der Waals surface area (Å²) in [5.74, 6) is -1.48. The minimum absolute atomic E-state index is 0.227. The van der Waals surface area contributed by atoms with E-state index in [4.69, 9.17) is 10.5 Å². The molecular formula is C6H11NO2. The van der Waals surface area contributed by atoms with Gasteiger partial charge in [0.25, 0.3) is 0 Å². The minimum atomic E-state index is -0.898. The van der Waals surface area contributed by atoms with Crippen molar-refractivity contribution >= 4 is 11.7 Å². The van der Waals surface area contributed by atoms with E-state index in [2.05, 4.69) is 0 Å². The van der Waals surface area contributed by atoms with E-state index in [-0.39, 0.29) is 5.71 Å².